The minimum atomic E-state index is -1.01. The van der Waals surface area contributed by atoms with Crippen LogP contribution in [-0.2, 0) is 14.3 Å². The van der Waals surface area contributed by atoms with Gasteiger partial charge in [-0.1, -0.05) is 0 Å². The molecule has 1 fully saturated rings. The van der Waals surface area contributed by atoms with E-state index in [0.29, 0.717) is 37.6 Å². The first-order valence-corrected chi connectivity index (χ1v) is 11.1. The maximum absolute atomic E-state index is 13.2. The molecule has 0 aromatic carbocycles. The number of nitrogens with one attached hydrogen (secondary N) is 2. The summed E-state index contributed by atoms with van der Waals surface area (Å²) in [6, 6.07) is 3.95. The van der Waals surface area contributed by atoms with Crippen LogP contribution < -0.4 is 15.8 Å². The van der Waals surface area contributed by atoms with Crippen LogP contribution in [-0.4, -0.2) is 41.5 Å². The summed E-state index contributed by atoms with van der Waals surface area (Å²) < 4.78 is 5.14. The molecule has 2 N–H and O–H groups in total. The molecule has 9 nitrogen and oxygen atoms in total. The number of esters is 1. The lowest BCUT2D eigenvalue weighted by Crippen LogP contribution is -2.43. The number of aromatic amines is 1. The van der Waals surface area contributed by atoms with Crippen molar-refractivity contribution in [1.29, 1.82) is 5.26 Å². The molecule has 2 aromatic rings. The largest absolute Gasteiger partial charge is 0.466 e. The van der Waals surface area contributed by atoms with Crippen molar-refractivity contribution in [2.24, 2.45) is 11.8 Å². The Kier molecular flexibility index (Phi) is 5.78. The van der Waals surface area contributed by atoms with Crippen LogP contribution in [0.25, 0.3) is 0 Å². The van der Waals surface area contributed by atoms with Gasteiger partial charge in [0, 0.05) is 18.0 Å². The minimum Gasteiger partial charge on any atom is -0.466 e. The Morgan fingerprint density at radius 2 is 2.26 bits per heavy atom. The molecule has 4 rings (SSSR count). The average molecular weight is 442 g/mol. The molecular formula is C21H23N5O4S. The maximum Gasteiger partial charge on any atom is 0.310 e. The molecule has 0 bridgehead atoms. The molecule has 2 aliphatic rings. The fraction of sp³-hybridized carbons (Fsp3) is 0.476. The van der Waals surface area contributed by atoms with Gasteiger partial charge in [-0.25, -0.2) is 0 Å². The number of rotatable bonds is 4. The lowest BCUT2D eigenvalue weighted by atomic mass is 9.82. The number of anilines is 2. The monoisotopic (exact) mass is 441 g/mol. The average Bonchev–Trinajstić information content (AvgIpc) is 3.18. The van der Waals surface area contributed by atoms with Crippen molar-refractivity contribution in [3.63, 3.8) is 0 Å². The summed E-state index contributed by atoms with van der Waals surface area (Å²) >= 11 is 1.42. The fourth-order valence-electron chi connectivity index (χ4n) is 4.26. The van der Waals surface area contributed by atoms with E-state index in [1.165, 1.54) is 11.3 Å². The zero-order valence-electron chi connectivity index (χ0n) is 17.3. The van der Waals surface area contributed by atoms with E-state index in [4.69, 9.17) is 4.74 Å². The quantitative estimate of drug-likeness (QED) is 0.696. The molecule has 1 saturated heterocycles. The van der Waals surface area contributed by atoms with Crippen molar-refractivity contribution in [3.8, 4) is 6.07 Å². The number of hydrogen-bond acceptors (Lipinski definition) is 8. The molecule has 10 heteroatoms. The number of hydrogen-bond donors (Lipinski definition) is 2. The van der Waals surface area contributed by atoms with Crippen LogP contribution in [0.3, 0.4) is 0 Å². The van der Waals surface area contributed by atoms with Crippen molar-refractivity contribution < 1.29 is 14.3 Å². The van der Waals surface area contributed by atoms with Gasteiger partial charge in [0.2, 0.25) is 11.9 Å². The standard InChI is InChI=1S/C21H23N5O4S/c1-3-30-20(29)12-5-4-7-26(10-12)21-24-17-15(19(28)25-21)14(13(9-22)18(27)23-17)16-11(2)6-8-31-16/h6,8,12-14H,3-5,7,10H2,1-2H3,(H2,23,24,25,27,28). The van der Waals surface area contributed by atoms with Gasteiger partial charge in [-0.05, 0) is 43.7 Å². The number of H-pyrrole nitrogens is 1. The summed E-state index contributed by atoms with van der Waals surface area (Å²) in [6.45, 7) is 4.98. The first kappa shape index (κ1) is 21.1. The van der Waals surface area contributed by atoms with Crippen LogP contribution in [0.1, 0.15) is 41.7 Å². The third-order valence-corrected chi connectivity index (χ3v) is 6.88. The van der Waals surface area contributed by atoms with Gasteiger partial charge in [0.05, 0.1) is 30.1 Å². The molecule has 162 valence electrons. The van der Waals surface area contributed by atoms with Gasteiger partial charge < -0.3 is 15.0 Å². The lowest BCUT2D eigenvalue weighted by Gasteiger charge is -2.33. The number of amides is 1. The van der Waals surface area contributed by atoms with E-state index in [0.717, 1.165) is 16.9 Å². The van der Waals surface area contributed by atoms with Gasteiger partial charge in [0.15, 0.2) is 0 Å². The zero-order chi connectivity index (χ0) is 22.1. The number of aromatic nitrogens is 2. The molecule has 2 aliphatic heterocycles. The van der Waals surface area contributed by atoms with Crippen LogP contribution in [0, 0.1) is 30.1 Å². The molecule has 3 unspecified atom stereocenters. The molecule has 0 spiro atoms. The Labute approximate surface area is 183 Å². The maximum atomic E-state index is 13.2. The molecule has 2 aromatic heterocycles. The number of ether oxygens (including phenoxy) is 1. The van der Waals surface area contributed by atoms with Crippen LogP contribution in [0.2, 0.25) is 0 Å². The second-order valence-electron chi connectivity index (χ2n) is 7.73. The van der Waals surface area contributed by atoms with Crippen LogP contribution in [0.5, 0.6) is 0 Å². The number of piperidine rings is 1. The second kappa shape index (κ2) is 8.51. The van der Waals surface area contributed by atoms with Crippen molar-refractivity contribution in [2.45, 2.75) is 32.6 Å². The lowest BCUT2D eigenvalue weighted by molar-refractivity contribution is -0.148. The zero-order valence-corrected chi connectivity index (χ0v) is 18.1. The van der Waals surface area contributed by atoms with Gasteiger partial charge >= 0.3 is 5.97 Å². The highest BCUT2D eigenvalue weighted by Crippen LogP contribution is 2.41. The summed E-state index contributed by atoms with van der Waals surface area (Å²) in [5.74, 6) is -2.24. The molecule has 4 heterocycles. The van der Waals surface area contributed by atoms with Crippen LogP contribution in [0.4, 0.5) is 11.8 Å². The number of fused-ring (bicyclic) bond motifs is 1. The number of nitriles is 1. The number of carbonyl (C=O) groups excluding carboxylic acids is 2. The normalized spacial score (nSPS) is 22.9. The van der Waals surface area contributed by atoms with Gasteiger partial charge in [0.1, 0.15) is 11.7 Å². The van der Waals surface area contributed by atoms with Crippen molar-refractivity contribution in [2.75, 3.05) is 29.9 Å². The Morgan fingerprint density at radius 3 is 2.94 bits per heavy atom. The van der Waals surface area contributed by atoms with E-state index in [2.05, 4.69) is 15.3 Å². The fourth-order valence-corrected chi connectivity index (χ4v) is 5.33. The third-order valence-electron chi connectivity index (χ3n) is 5.78. The highest BCUT2D eigenvalue weighted by atomic mass is 32.1. The number of nitrogens with zero attached hydrogens (tertiary/aromatic N) is 3. The molecular weight excluding hydrogens is 418 g/mol. The summed E-state index contributed by atoms with van der Waals surface area (Å²) in [4.78, 5) is 48.0. The summed E-state index contributed by atoms with van der Waals surface area (Å²) in [7, 11) is 0. The molecule has 3 atom stereocenters. The van der Waals surface area contributed by atoms with Gasteiger partial charge in [-0.15, -0.1) is 11.3 Å². The summed E-state index contributed by atoms with van der Waals surface area (Å²) in [5, 5.41) is 14.2. The smallest absolute Gasteiger partial charge is 0.310 e. The van der Waals surface area contributed by atoms with Crippen molar-refractivity contribution >= 4 is 35.0 Å². The molecule has 0 saturated carbocycles. The van der Waals surface area contributed by atoms with E-state index < -0.39 is 23.3 Å². The summed E-state index contributed by atoms with van der Waals surface area (Å²) in [6.07, 6.45) is 1.47. The second-order valence-corrected chi connectivity index (χ2v) is 8.68. The van der Waals surface area contributed by atoms with E-state index in [9.17, 15) is 19.6 Å². The first-order chi connectivity index (χ1) is 14.9. The van der Waals surface area contributed by atoms with E-state index in [1.54, 1.807) is 6.92 Å². The van der Waals surface area contributed by atoms with Crippen LogP contribution >= 0.6 is 11.3 Å². The Hall–Kier alpha value is -3.19. The Morgan fingerprint density at radius 1 is 1.45 bits per heavy atom. The Balaban J connectivity index is 1.73. The molecule has 1 amide bonds. The SMILES string of the molecule is CCOC(=O)C1CCCN(c2nc3c(c(=O)[nH]2)C(c2sccc2C)C(C#N)C(=O)N3)C1. The predicted molar refractivity (Wildman–Crippen MR) is 115 cm³/mol. The Bertz CT molecular complexity index is 1120. The van der Waals surface area contributed by atoms with Gasteiger partial charge in [-0.2, -0.15) is 10.2 Å². The van der Waals surface area contributed by atoms with Crippen molar-refractivity contribution in [3.05, 3.63) is 37.8 Å². The predicted octanol–water partition coefficient (Wildman–Crippen LogP) is 2.14. The molecule has 0 radical (unpaired) electrons. The van der Waals surface area contributed by atoms with Crippen molar-refractivity contribution in [1.82, 2.24) is 9.97 Å². The third kappa shape index (κ3) is 3.81. The number of aryl methyl sites for hydroxylation is 1. The highest BCUT2D eigenvalue weighted by molar-refractivity contribution is 7.10. The first-order valence-electron chi connectivity index (χ1n) is 10.2. The molecule has 0 aliphatic carbocycles. The van der Waals surface area contributed by atoms with E-state index in [1.807, 2.05) is 29.3 Å². The van der Waals surface area contributed by atoms with Gasteiger partial charge in [0.25, 0.3) is 5.56 Å². The molecule has 31 heavy (non-hydrogen) atoms. The minimum absolute atomic E-state index is 0.173. The number of carbonyl (C=O) groups is 2. The van der Waals surface area contributed by atoms with E-state index >= 15 is 0 Å². The highest BCUT2D eigenvalue weighted by Gasteiger charge is 2.41. The summed E-state index contributed by atoms with van der Waals surface area (Å²) in [5.41, 5.74) is 0.823. The van der Waals surface area contributed by atoms with Gasteiger partial charge in [-0.3, -0.25) is 19.4 Å². The van der Waals surface area contributed by atoms with E-state index in [-0.39, 0.29) is 17.7 Å². The topological polar surface area (TPSA) is 128 Å². The number of thiophene rings is 1. The van der Waals surface area contributed by atoms with Crippen LogP contribution in [0.15, 0.2) is 16.2 Å².